The molecule has 116 valence electrons. The first kappa shape index (κ1) is 15.1. The summed E-state index contributed by atoms with van der Waals surface area (Å²) in [6.07, 6.45) is 2.34. The Kier molecular flexibility index (Phi) is 4.47. The first-order valence-electron chi connectivity index (χ1n) is 7.65. The van der Waals surface area contributed by atoms with Crippen LogP contribution in [0.4, 0.5) is 0 Å². The van der Waals surface area contributed by atoms with Crippen molar-refractivity contribution in [3.05, 3.63) is 36.2 Å². The monoisotopic (exact) mass is 316 g/mol. The lowest BCUT2D eigenvalue weighted by Crippen LogP contribution is -2.30. The van der Waals surface area contributed by atoms with Gasteiger partial charge in [0.05, 0.1) is 10.9 Å². The van der Waals surface area contributed by atoms with E-state index in [0.29, 0.717) is 17.6 Å². The molecule has 1 heterocycles. The van der Waals surface area contributed by atoms with Gasteiger partial charge in [-0.3, -0.25) is 4.79 Å². The molecule has 1 aliphatic rings. The van der Waals surface area contributed by atoms with E-state index in [1.54, 1.807) is 0 Å². The molecule has 5 nitrogen and oxygen atoms in total. The quantitative estimate of drug-likeness (QED) is 0.833. The van der Waals surface area contributed by atoms with Crippen molar-refractivity contribution in [2.45, 2.75) is 43.0 Å². The first-order chi connectivity index (χ1) is 10.7. The van der Waals surface area contributed by atoms with Gasteiger partial charge in [-0.1, -0.05) is 30.0 Å². The van der Waals surface area contributed by atoms with Crippen LogP contribution >= 0.6 is 11.8 Å². The average molecular weight is 316 g/mol. The van der Waals surface area contributed by atoms with Crippen molar-refractivity contribution in [3.63, 3.8) is 0 Å². The second-order valence-electron chi connectivity index (χ2n) is 5.43. The normalized spacial score (nSPS) is 15.5. The summed E-state index contributed by atoms with van der Waals surface area (Å²) in [7, 11) is 0. The van der Waals surface area contributed by atoms with Gasteiger partial charge in [0.1, 0.15) is 5.82 Å². The lowest BCUT2D eigenvalue weighted by Gasteiger charge is -2.07. The van der Waals surface area contributed by atoms with Gasteiger partial charge in [0, 0.05) is 12.5 Å². The Bertz CT molecular complexity index is 651. The largest absolute Gasteiger partial charge is 0.355 e. The summed E-state index contributed by atoms with van der Waals surface area (Å²) in [6.45, 7) is 4.45. The zero-order chi connectivity index (χ0) is 15.5. The number of nitrogens with zero attached hydrogens (tertiary/aromatic N) is 3. The molecule has 0 radical (unpaired) electrons. The lowest BCUT2D eigenvalue weighted by atomic mass is 10.3. The highest BCUT2D eigenvalue weighted by Crippen LogP contribution is 2.40. The van der Waals surface area contributed by atoms with E-state index in [2.05, 4.69) is 15.4 Å². The third kappa shape index (κ3) is 3.32. The molecule has 1 aromatic heterocycles. The maximum Gasteiger partial charge on any atom is 0.233 e. The number of hydrogen-bond donors (Lipinski definition) is 1. The van der Waals surface area contributed by atoms with Crippen molar-refractivity contribution in [1.29, 1.82) is 0 Å². The minimum Gasteiger partial charge on any atom is -0.355 e. The summed E-state index contributed by atoms with van der Waals surface area (Å²) in [5.74, 6) is 1.54. The molecule has 1 amide bonds. The van der Waals surface area contributed by atoms with E-state index in [4.69, 9.17) is 0 Å². The molecule has 6 heteroatoms. The van der Waals surface area contributed by atoms with Crippen LogP contribution in [0.5, 0.6) is 0 Å². The van der Waals surface area contributed by atoms with Gasteiger partial charge >= 0.3 is 0 Å². The minimum atomic E-state index is -0.196. The van der Waals surface area contributed by atoms with E-state index in [0.717, 1.165) is 11.5 Å². The van der Waals surface area contributed by atoms with Gasteiger partial charge < -0.3 is 5.32 Å². The van der Waals surface area contributed by atoms with Gasteiger partial charge in [-0.2, -0.15) is 0 Å². The molecule has 0 saturated heterocycles. The summed E-state index contributed by atoms with van der Waals surface area (Å²) in [5, 5.41) is 7.92. The fourth-order valence-corrected chi connectivity index (χ4v) is 3.03. The van der Waals surface area contributed by atoms with Gasteiger partial charge in [-0.05, 0) is 38.8 Å². The number of hydrogen-bond acceptors (Lipinski definition) is 4. The van der Waals surface area contributed by atoms with E-state index in [9.17, 15) is 4.79 Å². The van der Waals surface area contributed by atoms with Crippen LogP contribution in [0.2, 0.25) is 0 Å². The summed E-state index contributed by atoms with van der Waals surface area (Å²) < 4.78 is 1.92. The topological polar surface area (TPSA) is 59.8 Å². The van der Waals surface area contributed by atoms with E-state index >= 15 is 0 Å². The van der Waals surface area contributed by atoms with Gasteiger partial charge in [0.25, 0.3) is 0 Å². The first-order valence-corrected chi connectivity index (χ1v) is 8.53. The van der Waals surface area contributed by atoms with Crippen molar-refractivity contribution < 1.29 is 4.79 Å². The number of thioether (sulfide) groups is 1. The SMILES string of the molecule is CCNC(=O)[C@@H](C)Sc1nc(C2CC2)n(-c2ccccc2)n1. The zero-order valence-electron chi connectivity index (χ0n) is 12.8. The standard InChI is InChI=1S/C16H20N4OS/c1-3-17-15(21)11(2)22-16-18-14(12-9-10-12)20(19-16)13-7-5-4-6-8-13/h4-8,11-12H,3,9-10H2,1-2H3,(H,17,21)/t11-/m1/s1. The molecule has 0 bridgehead atoms. The Balaban J connectivity index is 1.83. The Labute approximate surface area is 134 Å². The third-order valence-electron chi connectivity index (χ3n) is 3.56. The predicted molar refractivity (Wildman–Crippen MR) is 87.3 cm³/mol. The highest BCUT2D eigenvalue weighted by molar-refractivity contribution is 8.00. The predicted octanol–water partition coefficient (Wildman–Crippen LogP) is 2.76. The number of carbonyl (C=O) groups is 1. The van der Waals surface area contributed by atoms with Gasteiger partial charge in [0.15, 0.2) is 0 Å². The second kappa shape index (κ2) is 6.52. The van der Waals surface area contributed by atoms with Gasteiger partial charge in [-0.15, -0.1) is 5.10 Å². The van der Waals surface area contributed by atoms with E-state index < -0.39 is 0 Å². The number of amides is 1. The van der Waals surface area contributed by atoms with Crippen LogP contribution in [0.25, 0.3) is 5.69 Å². The second-order valence-corrected chi connectivity index (χ2v) is 6.74. The highest BCUT2D eigenvalue weighted by atomic mass is 32.2. The molecule has 0 spiro atoms. The summed E-state index contributed by atoms with van der Waals surface area (Å²) >= 11 is 1.41. The van der Waals surface area contributed by atoms with Crippen molar-refractivity contribution in [2.24, 2.45) is 0 Å². The van der Waals surface area contributed by atoms with E-state index in [1.807, 2.05) is 48.9 Å². The van der Waals surface area contributed by atoms with Crippen LogP contribution in [0, 0.1) is 0 Å². The molecular weight excluding hydrogens is 296 g/mol. The maximum absolute atomic E-state index is 11.9. The van der Waals surface area contributed by atoms with Crippen molar-refractivity contribution in [1.82, 2.24) is 20.1 Å². The molecule has 1 N–H and O–H groups in total. The van der Waals surface area contributed by atoms with Crippen molar-refractivity contribution in [2.75, 3.05) is 6.54 Å². The van der Waals surface area contributed by atoms with Gasteiger partial charge in [0.2, 0.25) is 11.1 Å². The number of aromatic nitrogens is 3. The molecule has 1 saturated carbocycles. The number of rotatable bonds is 6. The lowest BCUT2D eigenvalue weighted by molar-refractivity contribution is -0.120. The van der Waals surface area contributed by atoms with Crippen LogP contribution in [-0.4, -0.2) is 32.5 Å². The smallest absolute Gasteiger partial charge is 0.233 e. The van der Waals surface area contributed by atoms with Crippen LogP contribution in [0.1, 0.15) is 38.4 Å². The fraction of sp³-hybridized carbons (Fsp3) is 0.438. The fourth-order valence-electron chi connectivity index (χ4n) is 2.25. The van der Waals surface area contributed by atoms with Gasteiger partial charge in [-0.25, -0.2) is 9.67 Å². The van der Waals surface area contributed by atoms with E-state index in [1.165, 1.54) is 24.6 Å². The number of para-hydroxylation sites is 1. The Hall–Kier alpha value is -1.82. The summed E-state index contributed by atoms with van der Waals surface area (Å²) in [5.41, 5.74) is 1.02. The Morgan fingerprint density at radius 3 is 2.77 bits per heavy atom. The number of carbonyl (C=O) groups excluding carboxylic acids is 1. The zero-order valence-corrected chi connectivity index (χ0v) is 13.6. The summed E-state index contributed by atoms with van der Waals surface area (Å²) in [4.78, 5) is 16.5. The van der Waals surface area contributed by atoms with Crippen LogP contribution in [-0.2, 0) is 4.79 Å². The molecule has 1 aliphatic carbocycles. The number of nitrogens with one attached hydrogen (secondary N) is 1. The molecule has 1 fully saturated rings. The average Bonchev–Trinajstić information content (AvgIpc) is 3.29. The summed E-state index contributed by atoms with van der Waals surface area (Å²) in [6, 6.07) is 10.0. The Morgan fingerprint density at radius 1 is 1.41 bits per heavy atom. The molecular formula is C16H20N4OS. The van der Waals surface area contributed by atoms with Crippen LogP contribution in [0.15, 0.2) is 35.5 Å². The minimum absolute atomic E-state index is 0.0246. The van der Waals surface area contributed by atoms with Crippen molar-refractivity contribution in [3.8, 4) is 5.69 Å². The van der Waals surface area contributed by atoms with Crippen molar-refractivity contribution >= 4 is 17.7 Å². The molecule has 0 unspecified atom stereocenters. The number of benzene rings is 1. The van der Waals surface area contributed by atoms with E-state index in [-0.39, 0.29) is 11.2 Å². The molecule has 2 aromatic rings. The highest BCUT2D eigenvalue weighted by Gasteiger charge is 2.31. The molecule has 3 rings (SSSR count). The molecule has 0 aliphatic heterocycles. The molecule has 22 heavy (non-hydrogen) atoms. The third-order valence-corrected chi connectivity index (χ3v) is 4.51. The van der Waals surface area contributed by atoms with Crippen LogP contribution < -0.4 is 5.32 Å². The molecule has 1 aromatic carbocycles. The van der Waals surface area contributed by atoms with Crippen LogP contribution in [0.3, 0.4) is 0 Å². The molecule has 1 atom stereocenters. The maximum atomic E-state index is 11.9. The Morgan fingerprint density at radius 2 is 2.14 bits per heavy atom.